The maximum absolute atomic E-state index is 13.7. The van der Waals surface area contributed by atoms with Gasteiger partial charge in [0.1, 0.15) is 18.1 Å². The van der Waals surface area contributed by atoms with Crippen molar-refractivity contribution < 1.29 is 19.1 Å². The van der Waals surface area contributed by atoms with Gasteiger partial charge in [0, 0.05) is 24.0 Å². The summed E-state index contributed by atoms with van der Waals surface area (Å²) in [7, 11) is 1.63. The Kier molecular flexibility index (Phi) is 8.65. The van der Waals surface area contributed by atoms with Gasteiger partial charge < -0.3 is 19.3 Å². The van der Waals surface area contributed by atoms with E-state index in [1.165, 1.54) is 4.88 Å². The van der Waals surface area contributed by atoms with Gasteiger partial charge in [0.2, 0.25) is 11.8 Å². The Morgan fingerprint density at radius 2 is 1.86 bits per heavy atom. The van der Waals surface area contributed by atoms with Gasteiger partial charge in [-0.15, -0.1) is 11.3 Å². The highest BCUT2D eigenvalue weighted by Gasteiger charge is 2.33. The minimum absolute atomic E-state index is 0.0272. The molecule has 0 radical (unpaired) electrons. The summed E-state index contributed by atoms with van der Waals surface area (Å²) in [6, 6.07) is 19.1. The number of carbonyl (C=O) groups is 2. The van der Waals surface area contributed by atoms with E-state index in [1.807, 2.05) is 59.5 Å². The second-order valence-corrected chi connectivity index (χ2v) is 10.5. The van der Waals surface area contributed by atoms with E-state index in [2.05, 4.69) is 25.3 Å². The lowest BCUT2D eigenvalue weighted by Crippen LogP contribution is -2.48. The third kappa shape index (κ3) is 6.46. The number of benzene rings is 2. The number of ether oxygens (including phenoxy) is 2. The fourth-order valence-electron chi connectivity index (χ4n) is 4.57. The zero-order chi connectivity index (χ0) is 25.5. The van der Waals surface area contributed by atoms with Gasteiger partial charge in [-0.2, -0.15) is 0 Å². The molecular weight excluding hydrogens is 472 g/mol. The lowest BCUT2D eigenvalue weighted by atomic mass is 10.00. The summed E-state index contributed by atoms with van der Waals surface area (Å²) in [5, 5.41) is 2.08. The normalized spacial score (nSPS) is 14.9. The fraction of sp³-hybridized carbons (Fsp3) is 0.379. The molecule has 6 nitrogen and oxygen atoms in total. The number of amides is 2. The highest BCUT2D eigenvalue weighted by atomic mass is 32.1. The first-order valence-corrected chi connectivity index (χ1v) is 13.3. The molecular formula is C29H34N2O4S. The molecule has 1 aliphatic heterocycles. The second kappa shape index (κ2) is 12.1. The number of hydrogen-bond donors (Lipinski definition) is 0. The lowest BCUT2D eigenvalue weighted by molar-refractivity contribution is -0.142. The number of thiophene rings is 1. The molecule has 0 unspecified atom stereocenters. The Labute approximate surface area is 217 Å². The zero-order valence-corrected chi connectivity index (χ0v) is 22.0. The van der Waals surface area contributed by atoms with Gasteiger partial charge in [-0.1, -0.05) is 50.2 Å². The van der Waals surface area contributed by atoms with Crippen LogP contribution in [0, 0.1) is 5.92 Å². The second-order valence-electron chi connectivity index (χ2n) is 9.47. The maximum atomic E-state index is 13.7. The average molecular weight is 507 g/mol. The summed E-state index contributed by atoms with van der Waals surface area (Å²) in [5.41, 5.74) is 2.09. The number of rotatable bonds is 10. The Bertz CT molecular complexity index is 1160. The van der Waals surface area contributed by atoms with Gasteiger partial charge in [0.25, 0.3) is 0 Å². The third-order valence-corrected chi connectivity index (χ3v) is 7.32. The molecule has 0 saturated heterocycles. The quantitative estimate of drug-likeness (QED) is 0.389. The molecule has 7 heteroatoms. The fourth-order valence-corrected chi connectivity index (χ4v) is 5.50. The molecule has 2 heterocycles. The van der Waals surface area contributed by atoms with Crippen LogP contribution in [0.5, 0.6) is 11.5 Å². The first-order valence-electron chi connectivity index (χ1n) is 12.4. The molecule has 190 valence electrons. The molecule has 2 amide bonds. The van der Waals surface area contributed by atoms with Crippen LogP contribution in [0.3, 0.4) is 0 Å². The average Bonchev–Trinajstić information content (AvgIpc) is 3.36. The molecule has 0 aliphatic carbocycles. The molecule has 0 N–H and O–H groups in total. The van der Waals surface area contributed by atoms with E-state index >= 15 is 0 Å². The Hall–Kier alpha value is -3.32. The van der Waals surface area contributed by atoms with Crippen LogP contribution in [-0.2, 0) is 22.4 Å². The maximum Gasteiger partial charge on any atom is 0.242 e. The van der Waals surface area contributed by atoms with Gasteiger partial charge in [-0.25, -0.2) is 0 Å². The Morgan fingerprint density at radius 1 is 1.08 bits per heavy atom. The van der Waals surface area contributed by atoms with Gasteiger partial charge >= 0.3 is 0 Å². The van der Waals surface area contributed by atoms with Crippen LogP contribution in [-0.4, -0.2) is 55.0 Å². The van der Waals surface area contributed by atoms with Crippen LogP contribution < -0.4 is 9.47 Å². The molecule has 0 spiro atoms. The van der Waals surface area contributed by atoms with E-state index in [-0.39, 0.29) is 36.7 Å². The van der Waals surface area contributed by atoms with Crippen molar-refractivity contribution in [3.63, 3.8) is 0 Å². The van der Waals surface area contributed by atoms with Crippen molar-refractivity contribution >= 4 is 23.2 Å². The first-order chi connectivity index (χ1) is 17.4. The van der Waals surface area contributed by atoms with Gasteiger partial charge in [0.05, 0.1) is 26.1 Å². The Balaban J connectivity index is 1.49. The van der Waals surface area contributed by atoms with Crippen LogP contribution in [0.4, 0.5) is 0 Å². The number of nitrogens with zero attached hydrogens (tertiary/aromatic N) is 2. The standard InChI is InChI=1S/C29H34N2O4S/c1-21(2)18-30(28(32)16-22-8-5-4-6-9-22)19-29(33)31-14-12-27-25(13-15-36-27)26(31)20-35-24-11-7-10-23(17-24)34-3/h4-11,13,15,17,21,26H,12,14,16,18-20H2,1-3H3/t26-/m0/s1. The number of hydrogen-bond acceptors (Lipinski definition) is 5. The van der Waals surface area contributed by atoms with Crippen molar-refractivity contribution in [3.8, 4) is 11.5 Å². The van der Waals surface area contributed by atoms with Crippen molar-refractivity contribution in [1.82, 2.24) is 9.80 Å². The van der Waals surface area contributed by atoms with E-state index in [4.69, 9.17) is 9.47 Å². The van der Waals surface area contributed by atoms with E-state index in [9.17, 15) is 9.59 Å². The van der Waals surface area contributed by atoms with E-state index in [0.717, 1.165) is 23.3 Å². The number of fused-ring (bicyclic) bond motifs is 1. The first kappa shape index (κ1) is 25.8. The van der Waals surface area contributed by atoms with Crippen LogP contribution in [0.1, 0.15) is 35.9 Å². The minimum atomic E-state index is -0.205. The lowest BCUT2D eigenvalue weighted by Gasteiger charge is -2.37. The topological polar surface area (TPSA) is 59.1 Å². The summed E-state index contributed by atoms with van der Waals surface area (Å²) in [5.74, 6) is 1.61. The summed E-state index contributed by atoms with van der Waals surface area (Å²) < 4.78 is 11.5. The number of methoxy groups -OCH3 is 1. The summed E-state index contributed by atoms with van der Waals surface area (Å²) in [4.78, 5) is 31.7. The van der Waals surface area contributed by atoms with Crippen molar-refractivity contribution in [2.45, 2.75) is 32.7 Å². The van der Waals surface area contributed by atoms with E-state index in [1.54, 1.807) is 23.3 Å². The van der Waals surface area contributed by atoms with E-state index in [0.29, 0.717) is 25.4 Å². The molecule has 36 heavy (non-hydrogen) atoms. The van der Waals surface area contributed by atoms with Crippen molar-refractivity contribution in [3.05, 3.63) is 82.0 Å². The van der Waals surface area contributed by atoms with Crippen LogP contribution >= 0.6 is 11.3 Å². The van der Waals surface area contributed by atoms with Crippen LogP contribution in [0.2, 0.25) is 0 Å². The zero-order valence-electron chi connectivity index (χ0n) is 21.2. The molecule has 1 aromatic heterocycles. The highest BCUT2D eigenvalue weighted by Crippen LogP contribution is 2.34. The molecule has 3 aromatic rings. The monoisotopic (exact) mass is 506 g/mol. The highest BCUT2D eigenvalue weighted by molar-refractivity contribution is 7.10. The van der Waals surface area contributed by atoms with Gasteiger partial charge in [-0.05, 0) is 47.0 Å². The predicted molar refractivity (Wildman–Crippen MR) is 143 cm³/mol. The molecule has 4 rings (SSSR count). The largest absolute Gasteiger partial charge is 0.497 e. The third-order valence-electron chi connectivity index (χ3n) is 6.33. The van der Waals surface area contributed by atoms with Gasteiger partial charge in [0.15, 0.2) is 0 Å². The smallest absolute Gasteiger partial charge is 0.242 e. The van der Waals surface area contributed by atoms with Crippen molar-refractivity contribution in [2.75, 3.05) is 33.4 Å². The van der Waals surface area contributed by atoms with Crippen molar-refractivity contribution in [1.29, 1.82) is 0 Å². The van der Waals surface area contributed by atoms with Crippen LogP contribution in [0.25, 0.3) is 0 Å². The van der Waals surface area contributed by atoms with E-state index < -0.39 is 0 Å². The molecule has 0 saturated carbocycles. The SMILES string of the molecule is COc1cccc(OC[C@H]2c3ccsc3CCN2C(=O)CN(CC(C)C)C(=O)Cc2ccccc2)c1. The molecule has 2 aromatic carbocycles. The van der Waals surface area contributed by atoms with Crippen molar-refractivity contribution in [2.24, 2.45) is 5.92 Å². The molecule has 0 bridgehead atoms. The summed E-state index contributed by atoms with van der Waals surface area (Å²) in [6.07, 6.45) is 1.11. The summed E-state index contributed by atoms with van der Waals surface area (Å²) in [6.45, 7) is 5.69. The Morgan fingerprint density at radius 3 is 2.61 bits per heavy atom. The molecule has 0 fully saturated rings. The predicted octanol–water partition coefficient (Wildman–Crippen LogP) is 4.99. The minimum Gasteiger partial charge on any atom is -0.497 e. The molecule has 1 aliphatic rings. The summed E-state index contributed by atoms with van der Waals surface area (Å²) >= 11 is 1.72. The molecule has 1 atom stereocenters. The van der Waals surface area contributed by atoms with Crippen LogP contribution in [0.15, 0.2) is 66.0 Å². The van der Waals surface area contributed by atoms with Gasteiger partial charge in [-0.3, -0.25) is 9.59 Å². The number of carbonyl (C=O) groups excluding carboxylic acids is 2.